The Morgan fingerprint density at radius 1 is 1.16 bits per heavy atom. The molecule has 0 atom stereocenters. The summed E-state index contributed by atoms with van der Waals surface area (Å²) in [5.41, 5.74) is 3.53. The second-order valence-electron chi connectivity index (χ2n) is 4.19. The van der Waals surface area contributed by atoms with Gasteiger partial charge in [0.25, 0.3) is 0 Å². The first kappa shape index (κ1) is 13.6. The molecule has 0 radical (unpaired) electrons. The molecule has 1 heterocycles. The number of benzene rings is 1. The number of aryl methyl sites for hydroxylation is 2. The summed E-state index contributed by atoms with van der Waals surface area (Å²) in [4.78, 5) is 9.09. The summed E-state index contributed by atoms with van der Waals surface area (Å²) >= 11 is 6.04. The number of nitrogens with zero attached hydrogens (tertiary/aromatic N) is 2. The molecule has 0 unspecified atom stereocenters. The predicted octanol–water partition coefficient (Wildman–Crippen LogP) is 3.46. The minimum atomic E-state index is 0.578. The fraction of sp³-hybridized carbons (Fsp3) is 0.286. The van der Waals surface area contributed by atoms with Crippen molar-refractivity contribution in [2.75, 3.05) is 19.5 Å². The van der Waals surface area contributed by atoms with E-state index < -0.39 is 0 Å². The zero-order valence-electron chi connectivity index (χ0n) is 11.4. The van der Waals surface area contributed by atoms with Crippen molar-refractivity contribution in [3.05, 3.63) is 34.6 Å². The minimum absolute atomic E-state index is 0.578. The van der Waals surface area contributed by atoms with E-state index in [0.717, 1.165) is 28.5 Å². The second kappa shape index (κ2) is 5.45. The molecule has 0 saturated heterocycles. The van der Waals surface area contributed by atoms with Crippen LogP contribution in [0.2, 0.25) is 5.02 Å². The Balaban J connectivity index is 2.61. The molecule has 0 spiro atoms. The molecule has 0 amide bonds. The van der Waals surface area contributed by atoms with Gasteiger partial charge in [0.1, 0.15) is 11.4 Å². The number of nitrogens with one attached hydrogen (secondary N) is 1. The third kappa shape index (κ3) is 2.63. The van der Waals surface area contributed by atoms with Crippen molar-refractivity contribution >= 4 is 17.4 Å². The number of anilines is 1. The van der Waals surface area contributed by atoms with Crippen molar-refractivity contribution in [3.63, 3.8) is 0 Å². The monoisotopic (exact) mass is 277 g/mol. The molecule has 2 aromatic rings. The van der Waals surface area contributed by atoms with Gasteiger partial charge in [0, 0.05) is 12.6 Å². The lowest BCUT2D eigenvalue weighted by Crippen LogP contribution is -2.03. The van der Waals surface area contributed by atoms with E-state index in [0.29, 0.717) is 10.8 Å². The second-order valence-corrected chi connectivity index (χ2v) is 4.60. The van der Waals surface area contributed by atoms with Gasteiger partial charge in [0.2, 0.25) is 0 Å². The maximum Gasteiger partial charge on any atom is 0.152 e. The van der Waals surface area contributed by atoms with Gasteiger partial charge in [-0.3, -0.25) is 0 Å². The number of hydrogen-bond acceptors (Lipinski definition) is 4. The van der Waals surface area contributed by atoms with E-state index >= 15 is 0 Å². The number of rotatable bonds is 3. The molecule has 19 heavy (non-hydrogen) atoms. The molecular weight excluding hydrogens is 262 g/mol. The van der Waals surface area contributed by atoms with Gasteiger partial charge in [-0.15, -0.1) is 0 Å². The quantitative estimate of drug-likeness (QED) is 0.933. The molecule has 0 aliphatic carbocycles. The van der Waals surface area contributed by atoms with Crippen LogP contribution < -0.4 is 10.1 Å². The van der Waals surface area contributed by atoms with E-state index in [1.165, 1.54) is 0 Å². The van der Waals surface area contributed by atoms with Crippen LogP contribution >= 0.6 is 11.6 Å². The number of halogens is 1. The SMILES string of the molecule is CNc1nc(C)c(C)nc1-c1ccc(Cl)c(OC)c1. The highest BCUT2D eigenvalue weighted by molar-refractivity contribution is 6.32. The first-order chi connectivity index (χ1) is 9.06. The van der Waals surface area contributed by atoms with Gasteiger partial charge in [-0.05, 0) is 26.0 Å². The highest BCUT2D eigenvalue weighted by Gasteiger charge is 2.12. The molecule has 0 fully saturated rings. The maximum atomic E-state index is 6.04. The molecule has 1 aromatic carbocycles. The molecule has 0 saturated carbocycles. The Hall–Kier alpha value is -1.81. The standard InChI is InChI=1S/C14H16ClN3O/c1-8-9(2)18-14(16-3)13(17-8)10-5-6-11(15)12(7-10)19-4/h5-7H,1-4H3,(H,16,18). The van der Waals surface area contributed by atoms with Crippen LogP contribution in [0.25, 0.3) is 11.3 Å². The van der Waals surface area contributed by atoms with Gasteiger partial charge in [0.05, 0.1) is 23.5 Å². The van der Waals surface area contributed by atoms with Crippen molar-refractivity contribution in [1.82, 2.24) is 9.97 Å². The highest BCUT2D eigenvalue weighted by Crippen LogP contribution is 2.32. The van der Waals surface area contributed by atoms with Gasteiger partial charge in [-0.2, -0.15) is 0 Å². The van der Waals surface area contributed by atoms with Crippen molar-refractivity contribution < 1.29 is 4.74 Å². The van der Waals surface area contributed by atoms with Crippen LogP contribution in [-0.4, -0.2) is 24.1 Å². The van der Waals surface area contributed by atoms with E-state index in [2.05, 4.69) is 15.3 Å². The van der Waals surface area contributed by atoms with E-state index in [1.807, 2.05) is 33.0 Å². The Bertz CT molecular complexity index is 614. The summed E-state index contributed by atoms with van der Waals surface area (Å²) in [6.07, 6.45) is 0. The lowest BCUT2D eigenvalue weighted by atomic mass is 10.1. The van der Waals surface area contributed by atoms with Crippen LogP contribution in [0, 0.1) is 13.8 Å². The van der Waals surface area contributed by atoms with Gasteiger partial charge in [0.15, 0.2) is 5.82 Å². The Morgan fingerprint density at radius 3 is 2.47 bits per heavy atom. The number of aromatic nitrogens is 2. The van der Waals surface area contributed by atoms with Gasteiger partial charge >= 0.3 is 0 Å². The molecule has 1 N–H and O–H groups in total. The molecule has 5 heteroatoms. The van der Waals surface area contributed by atoms with Crippen LogP contribution in [0.5, 0.6) is 5.75 Å². The molecule has 2 rings (SSSR count). The summed E-state index contributed by atoms with van der Waals surface area (Å²) in [5.74, 6) is 1.37. The molecule has 100 valence electrons. The number of ether oxygens (including phenoxy) is 1. The predicted molar refractivity (Wildman–Crippen MR) is 78.1 cm³/mol. The topological polar surface area (TPSA) is 47.0 Å². The van der Waals surface area contributed by atoms with Gasteiger partial charge < -0.3 is 10.1 Å². The summed E-state index contributed by atoms with van der Waals surface area (Å²) < 4.78 is 5.23. The number of methoxy groups -OCH3 is 1. The third-order valence-corrected chi connectivity index (χ3v) is 3.28. The maximum absolute atomic E-state index is 6.04. The lowest BCUT2D eigenvalue weighted by molar-refractivity contribution is 0.415. The summed E-state index contributed by atoms with van der Waals surface area (Å²) in [6.45, 7) is 3.88. The van der Waals surface area contributed by atoms with E-state index in [9.17, 15) is 0 Å². The van der Waals surface area contributed by atoms with Crippen LogP contribution in [-0.2, 0) is 0 Å². The average molecular weight is 278 g/mol. The molecule has 1 aromatic heterocycles. The van der Waals surface area contributed by atoms with Crippen LogP contribution in [0.4, 0.5) is 5.82 Å². The van der Waals surface area contributed by atoms with Crippen molar-refractivity contribution in [2.45, 2.75) is 13.8 Å². The molecule has 0 bridgehead atoms. The fourth-order valence-electron chi connectivity index (χ4n) is 1.79. The Kier molecular flexibility index (Phi) is 3.90. The van der Waals surface area contributed by atoms with Crippen molar-refractivity contribution in [3.8, 4) is 17.0 Å². The molecule has 4 nitrogen and oxygen atoms in total. The molecule has 0 aliphatic rings. The van der Waals surface area contributed by atoms with Crippen molar-refractivity contribution in [1.29, 1.82) is 0 Å². The summed E-state index contributed by atoms with van der Waals surface area (Å²) in [7, 11) is 3.42. The van der Waals surface area contributed by atoms with E-state index in [-0.39, 0.29) is 0 Å². The fourth-order valence-corrected chi connectivity index (χ4v) is 1.98. The van der Waals surface area contributed by atoms with Crippen molar-refractivity contribution in [2.24, 2.45) is 0 Å². The zero-order valence-corrected chi connectivity index (χ0v) is 12.2. The summed E-state index contributed by atoms with van der Waals surface area (Å²) in [5, 5.41) is 3.64. The van der Waals surface area contributed by atoms with Crippen LogP contribution in [0.1, 0.15) is 11.4 Å². The van der Waals surface area contributed by atoms with Gasteiger partial charge in [-0.25, -0.2) is 9.97 Å². The van der Waals surface area contributed by atoms with Crippen LogP contribution in [0.15, 0.2) is 18.2 Å². The first-order valence-electron chi connectivity index (χ1n) is 5.93. The smallest absolute Gasteiger partial charge is 0.152 e. The van der Waals surface area contributed by atoms with E-state index in [4.69, 9.17) is 16.3 Å². The minimum Gasteiger partial charge on any atom is -0.495 e. The number of hydrogen-bond donors (Lipinski definition) is 1. The first-order valence-corrected chi connectivity index (χ1v) is 6.31. The largest absolute Gasteiger partial charge is 0.495 e. The average Bonchev–Trinajstić information content (AvgIpc) is 2.42. The highest BCUT2D eigenvalue weighted by atomic mass is 35.5. The molecule has 0 aliphatic heterocycles. The third-order valence-electron chi connectivity index (χ3n) is 2.97. The Labute approximate surface area is 117 Å². The summed E-state index contributed by atoms with van der Waals surface area (Å²) in [6, 6.07) is 5.57. The molecular formula is C14H16ClN3O. The lowest BCUT2D eigenvalue weighted by Gasteiger charge is -2.12. The van der Waals surface area contributed by atoms with Gasteiger partial charge in [-0.1, -0.05) is 17.7 Å². The Morgan fingerprint density at radius 2 is 1.84 bits per heavy atom. The normalized spacial score (nSPS) is 10.4. The van der Waals surface area contributed by atoms with E-state index in [1.54, 1.807) is 13.2 Å². The van der Waals surface area contributed by atoms with Crippen LogP contribution in [0.3, 0.4) is 0 Å². The zero-order chi connectivity index (χ0) is 14.0.